The van der Waals surface area contributed by atoms with Crippen molar-refractivity contribution in [1.29, 1.82) is 0 Å². The van der Waals surface area contributed by atoms with Gasteiger partial charge in [0.25, 0.3) is 0 Å². The van der Waals surface area contributed by atoms with Gasteiger partial charge < -0.3 is 15.3 Å². The zero-order valence-electron chi connectivity index (χ0n) is 12.3. The van der Waals surface area contributed by atoms with E-state index in [1.54, 1.807) is 0 Å². The third kappa shape index (κ3) is 4.69. The van der Waals surface area contributed by atoms with E-state index in [1.807, 2.05) is 4.90 Å². The van der Waals surface area contributed by atoms with Crippen LogP contribution in [0, 0.1) is 17.8 Å². The average Bonchev–Trinajstić information content (AvgIpc) is 3.27. The second-order valence-electron chi connectivity index (χ2n) is 6.39. The summed E-state index contributed by atoms with van der Waals surface area (Å²) in [6.45, 7) is 4.47. The van der Waals surface area contributed by atoms with Gasteiger partial charge in [0.15, 0.2) is 0 Å². The monoisotopic (exact) mass is 282 g/mol. The Hall–Kier alpha value is -1.26. The highest BCUT2D eigenvalue weighted by Crippen LogP contribution is 2.36. The maximum absolute atomic E-state index is 12.1. The molecule has 20 heavy (non-hydrogen) atoms. The molecule has 0 bridgehead atoms. The molecule has 5 heteroatoms. The van der Waals surface area contributed by atoms with Gasteiger partial charge in [0.1, 0.15) is 0 Å². The lowest BCUT2D eigenvalue weighted by Crippen LogP contribution is -2.46. The number of urea groups is 1. The van der Waals surface area contributed by atoms with Crippen molar-refractivity contribution < 1.29 is 14.7 Å². The lowest BCUT2D eigenvalue weighted by atomic mass is 9.93. The summed E-state index contributed by atoms with van der Waals surface area (Å²) >= 11 is 0. The summed E-state index contributed by atoms with van der Waals surface area (Å²) in [5.41, 5.74) is 0. The molecule has 2 atom stereocenters. The standard InChI is InChI=1S/C15H26N2O3/c1-11(13-5-6-13)9-16-15(20)17-8-2-3-12(10-17)4-7-14(18)19/h11-13H,2-10H2,1H3,(H,16,20)(H,18,19). The van der Waals surface area contributed by atoms with Crippen molar-refractivity contribution in [2.75, 3.05) is 19.6 Å². The second kappa shape index (κ2) is 6.95. The van der Waals surface area contributed by atoms with Gasteiger partial charge in [0, 0.05) is 26.1 Å². The SMILES string of the molecule is CC(CNC(=O)N1CCCC(CCC(=O)O)C1)C1CC1. The van der Waals surface area contributed by atoms with Crippen LogP contribution in [0.1, 0.15) is 45.4 Å². The van der Waals surface area contributed by atoms with Crippen molar-refractivity contribution >= 4 is 12.0 Å². The minimum absolute atomic E-state index is 0.0255. The van der Waals surface area contributed by atoms with Crippen LogP contribution in [0.3, 0.4) is 0 Å². The van der Waals surface area contributed by atoms with Crippen molar-refractivity contribution in [2.45, 2.75) is 45.4 Å². The fourth-order valence-corrected chi connectivity index (χ4v) is 3.00. The van der Waals surface area contributed by atoms with E-state index in [2.05, 4.69) is 12.2 Å². The van der Waals surface area contributed by atoms with Crippen LogP contribution in [-0.2, 0) is 4.79 Å². The predicted molar refractivity (Wildman–Crippen MR) is 76.5 cm³/mol. The number of nitrogens with one attached hydrogen (secondary N) is 1. The lowest BCUT2D eigenvalue weighted by Gasteiger charge is -2.33. The Morgan fingerprint density at radius 3 is 2.75 bits per heavy atom. The van der Waals surface area contributed by atoms with E-state index < -0.39 is 5.97 Å². The number of piperidine rings is 1. The van der Waals surface area contributed by atoms with Crippen molar-refractivity contribution in [1.82, 2.24) is 10.2 Å². The van der Waals surface area contributed by atoms with E-state index in [0.717, 1.165) is 31.8 Å². The summed E-state index contributed by atoms with van der Waals surface area (Å²) in [5, 5.41) is 11.8. The third-order valence-corrected chi connectivity index (χ3v) is 4.57. The van der Waals surface area contributed by atoms with Gasteiger partial charge in [0.05, 0.1) is 0 Å². The first-order chi connectivity index (χ1) is 9.56. The van der Waals surface area contributed by atoms with Gasteiger partial charge in [-0.1, -0.05) is 6.92 Å². The number of nitrogens with zero attached hydrogens (tertiary/aromatic N) is 1. The Labute approximate surface area is 120 Å². The number of likely N-dealkylation sites (tertiary alicyclic amines) is 1. The first-order valence-electron chi connectivity index (χ1n) is 7.81. The molecule has 1 heterocycles. The molecule has 5 nitrogen and oxygen atoms in total. The van der Waals surface area contributed by atoms with Crippen LogP contribution in [0.5, 0.6) is 0 Å². The Balaban J connectivity index is 1.70. The second-order valence-corrected chi connectivity index (χ2v) is 6.39. The van der Waals surface area contributed by atoms with Crippen LogP contribution >= 0.6 is 0 Å². The number of hydrogen-bond acceptors (Lipinski definition) is 2. The number of hydrogen-bond donors (Lipinski definition) is 2. The molecule has 2 aliphatic rings. The molecule has 2 fully saturated rings. The summed E-state index contributed by atoms with van der Waals surface area (Å²) in [7, 11) is 0. The van der Waals surface area contributed by atoms with Crippen molar-refractivity contribution in [3.05, 3.63) is 0 Å². The highest BCUT2D eigenvalue weighted by molar-refractivity contribution is 5.74. The number of aliphatic carboxylic acids is 1. The number of carbonyl (C=O) groups excluding carboxylic acids is 1. The molecule has 1 aliphatic heterocycles. The van der Waals surface area contributed by atoms with Gasteiger partial charge >= 0.3 is 12.0 Å². The minimum atomic E-state index is -0.746. The fourth-order valence-electron chi connectivity index (χ4n) is 3.00. The Morgan fingerprint density at radius 1 is 1.35 bits per heavy atom. The minimum Gasteiger partial charge on any atom is -0.481 e. The van der Waals surface area contributed by atoms with Crippen LogP contribution < -0.4 is 5.32 Å². The molecule has 1 aliphatic carbocycles. The number of carboxylic acid groups (broad SMARTS) is 1. The molecule has 114 valence electrons. The molecule has 2 N–H and O–H groups in total. The van der Waals surface area contributed by atoms with Crippen LogP contribution in [-0.4, -0.2) is 41.6 Å². The van der Waals surface area contributed by atoms with Crippen LogP contribution in [0.2, 0.25) is 0 Å². The predicted octanol–water partition coefficient (Wildman–Crippen LogP) is 2.32. The third-order valence-electron chi connectivity index (χ3n) is 4.57. The highest BCUT2D eigenvalue weighted by Gasteiger charge is 2.29. The molecule has 0 aromatic carbocycles. The molecule has 0 radical (unpaired) electrons. The van der Waals surface area contributed by atoms with E-state index in [4.69, 9.17) is 5.11 Å². The van der Waals surface area contributed by atoms with Crippen molar-refractivity contribution in [2.24, 2.45) is 17.8 Å². The van der Waals surface area contributed by atoms with Crippen LogP contribution in [0.25, 0.3) is 0 Å². The molecule has 1 saturated heterocycles. The van der Waals surface area contributed by atoms with Crippen molar-refractivity contribution in [3.63, 3.8) is 0 Å². The smallest absolute Gasteiger partial charge is 0.317 e. The Morgan fingerprint density at radius 2 is 2.10 bits per heavy atom. The van der Waals surface area contributed by atoms with E-state index in [-0.39, 0.29) is 12.5 Å². The van der Waals surface area contributed by atoms with Crippen molar-refractivity contribution in [3.8, 4) is 0 Å². The molecule has 0 aromatic rings. The van der Waals surface area contributed by atoms with Crippen LogP contribution in [0.4, 0.5) is 4.79 Å². The highest BCUT2D eigenvalue weighted by atomic mass is 16.4. The molecule has 0 spiro atoms. The summed E-state index contributed by atoms with van der Waals surface area (Å²) in [6.07, 6.45) is 5.51. The topological polar surface area (TPSA) is 69.6 Å². The van der Waals surface area contributed by atoms with Crippen LogP contribution in [0.15, 0.2) is 0 Å². The zero-order chi connectivity index (χ0) is 14.5. The van der Waals surface area contributed by atoms with E-state index in [0.29, 0.717) is 24.8 Å². The average molecular weight is 282 g/mol. The molecular weight excluding hydrogens is 256 g/mol. The molecule has 2 unspecified atom stereocenters. The van der Waals surface area contributed by atoms with Gasteiger partial charge in [0.2, 0.25) is 0 Å². The quantitative estimate of drug-likeness (QED) is 0.785. The number of amides is 2. The van der Waals surface area contributed by atoms with E-state index >= 15 is 0 Å². The van der Waals surface area contributed by atoms with Gasteiger partial charge in [-0.2, -0.15) is 0 Å². The fraction of sp³-hybridized carbons (Fsp3) is 0.867. The summed E-state index contributed by atoms with van der Waals surface area (Å²) < 4.78 is 0. The largest absolute Gasteiger partial charge is 0.481 e. The normalized spacial score (nSPS) is 24.2. The molecule has 0 aromatic heterocycles. The van der Waals surface area contributed by atoms with Gasteiger partial charge in [-0.15, -0.1) is 0 Å². The zero-order valence-corrected chi connectivity index (χ0v) is 12.3. The van der Waals surface area contributed by atoms with E-state index in [1.165, 1.54) is 12.8 Å². The van der Waals surface area contributed by atoms with Gasteiger partial charge in [-0.25, -0.2) is 4.79 Å². The Kier molecular flexibility index (Phi) is 5.26. The Bertz CT molecular complexity index is 355. The number of rotatable bonds is 6. The van der Waals surface area contributed by atoms with Gasteiger partial charge in [-0.05, 0) is 49.9 Å². The molecule has 2 rings (SSSR count). The molecular formula is C15H26N2O3. The molecule has 1 saturated carbocycles. The maximum atomic E-state index is 12.1. The first-order valence-corrected chi connectivity index (χ1v) is 7.81. The molecule has 2 amide bonds. The number of carbonyl (C=O) groups is 2. The summed E-state index contributed by atoms with van der Waals surface area (Å²) in [6, 6.07) is 0.0255. The maximum Gasteiger partial charge on any atom is 0.317 e. The van der Waals surface area contributed by atoms with Gasteiger partial charge in [-0.3, -0.25) is 4.79 Å². The first kappa shape index (κ1) is 15.1. The summed E-state index contributed by atoms with van der Waals surface area (Å²) in [5.74, 6) is 0.975. The van der Waals surface area contributed by atoms with E-state index in [9.17, 15) is 9.59 Å². The lowest BCUT2D eigenvalue weighted by molar-refractivity contribution is -0.137. The number of carboxylic acids is 1. The summed E-state index contributed by atoms with van der Waals surface area (Å²) in [4.78, 5) is 24.6.